The molecule has 2 rings (SSSR count). The second-order valence-corrected chi connectivity index (χ2v) is 5.59. The summed E-state index contributed by atoms with van der Waals surface area (Å²) in [7, 11) is 0. The van der Waals surface area contributed by atoms with Gasteiger partial charge < -0.3 is 4.90 Å². The maximum absolute atomic E-state index is 5.07. The van der Waals surface area contributed by atoms with Gasteiger partial charge in [-0.15, -0.1) is 12.6 Å². The first kappa shape index (κ1) is 9.78. The van der Waals surface area contributed by atoms with Crippen LogP contribution in [0.1, 0.15) is 38.5 Å². The van der Waals surface area contributed by atoms with Crippen LogP contribution in [0.25, 0.3) is 0 Å². The zero-order valence-corrected chi connectivity index (χ0v) is 9.67. The summed E-state index contributed by atoms with van der Waals surface area (Å²) in [5, 5.41) is 0. The smallest absolute Gasteiger partial charge is 0.133 e. The van der Waals surface area contributed by atoms with Crippen molar-refractivity contribution in [3.05, 3.63) is 0 Å². The van der Waals surface area contributed by atoms with Crippen molar-refractivity contribution >= 4 is 29.2 Å². The minimum Gasteiger partial charge on any atom is -0.358 e. The van der Waals surface area contributed by atoms with Gasteiger partial charge in [0, 0.05) is 13.1 Å². The summed E-state index contributed by atoms with van der Waals surface area (Å²) >= 11 is 9.30. The van der Waals surface area contributed by atoms with Crippen molar-refractivity contribution in [1.82, 2.24) is 4.90 Å². The summed E-state index contributed by atoms with van der Waals surface area (Å²) < 4.78 is 0.785. The third-order valence-corrected chi connectivity index (χ3v) is 4.30. The minimum absolute atomic E-state index is 0.703. The van der Waals surface area contributed by atoms with Crippen LogP contribution in [-0.2, 0) is 0 Å². The van der Waals surface area contributed by atoms with E-state index in [1.807, 2.05) is 0 Å². The fraction of sp³-hybridized carbons (Fsp3) is 0.900. The lowest BCUT2D eigenvalue weighted by Gasteiger charge is -2.39. The van der Waals surface area contributed by atoms with Crippen LogP contribution >= 0.6 is 24.8 Å². The van der Waals surface area contributed by atoms with Crippen LogP contribution in [0.15, 0.2) is 0 Å². The van der Waals surface area contributed by atoms with Gasteiger partial charge in [0.15, 0.2) is 0 Å². The average Bonchev–Trinajstić information content (AvgIpc) is 2.54. The Labute approximate surface area is 91.3 Å². The van der Waals surface area contributed by atoms with E-state index in [0.717, 1.165) is 17.4 Å². The molecule has 0 N–H and O–H groups in total. The molecule has 0 aromatic carbocycles. The highest BCUT2D eigenvalue weighted by Gasteiger charge is 2.36. The molecule has 0 bridgehead atoms. The lowest BCUT2D eigenvalue weighted by atomic mass is 9.77. The van der Waals surface area contributed by atoms with E-state index in [4.69, 9.17) is 12.2 Å². The molecule has 1 aliphatic carbocycles. The third kappa shape index (κ3) is 2.01. The van der Waals surface area contributed by atoms with Gasteiger partial charge in [-0.25, -0.2) is 0 Å². The number of nitrogens with zero attached hydrogens (tertiary/aromatic N) is 1. The molecule has 0 aromatic heterocycles. The molecule has 1 saturated heterocycles. The first-order valence-electron chi connectivity index (χ1n) is 5.20. The highest BCUT2D eigenvalue weighted by molar-refractivity contribution is 8.10. The summed E-state index contributed by atoms with van der Waals surface area (Å²) in [5.74, 6) is 0. The molecule has 0 atom stereocenters. The van der Waals surface area contributed by atoms with E-state index in [1.165, 1.54) is 38.5 Å². The summed E-state index contributed by atoms with van der Waals surface area (Å²) in [5.41, 5.74) is 0.703. The fourth-order valence-electron chi connectivity index (χ4n) is 2.80. The van der Waals surface area contributed by atoms with Crippen molar-refractivity contribution in [2.45, 2.75) is 38.5 Å². The van der Waals surface area contributed by atoms with Crippen LogP contribution in [0.5, 0.6) is 0 Å². The molecule has 3 heteroatoms. The Morgan fingerprint density at radius 3 is 2.08 bits per heavy atom. The molecule has 1 nitrogen and oxygen atoms in total. The van der Waals surface area contributed by atoms with Crippen LogP contribution in [0, 0.1) is 5.41 Å². The average molecular weight is 215 g/mol. The number of hydrogen-bond donors (Lipinski definition) is 1. The van der Waals surface area contributed by atoms with Crippen molar-refractivity contribution in [2.75, 3.05) is 13.1 Å². The number of hydrogen-bond acceptors (Lipinski definition) is 1. The van der Waals surface area contributed by atoms with Gasteiger partial charge in [0.1, 0.15) is 4.32 Å². The van der Waals surface area contributed by atoms with Gasteiger partial charge in [0.05, 0.1) is 0 Å². The van der Waals surface area contributed by atoms with Gasteiger partial charge in [0.2, 0.25) is 0 Å². The Balaban J connectivity index is 1.91. The van der Waals surface area contributed by atoms with Crippen LogP contribution in [-0.4, -0.2) is 22.3 Å². The molecule has 0 radical (unpaired) electrons. The highest BCUT2D eigenvalue weighted by atomic mass is 32.1. The lowest BCUT2D eigenvalue weighted by molar-refractivity contribution is 0.157. The highest BCUT2D eigenvalue weighted by Crippen LogP contribution is 2.46. The van der Waals surface area contributed by atoms with Gasteiger partial charge in [0.25, 0.3) is 0 Å². The quantitative estimate of drug-likeness (QED) is 0.489. The molecule has 0 aromatic rings. The van der Waals surface area contributed by atoms with Gasteiger partial charge in [-0.3, -0.25) is 0 Å². The molecular weight excluding hydrogens is 198 g/mol. The van der Waals surface area contributed by atoms with Crippen LogP contribution in [0.3, 0.4) is 0 Å². The van der Waals surface area contributed by atoms with E-state index in [1.54, 1.807) is 0 Å². The Hall–Kier alpha value is 0.240. The first-order valence-corrected chi connectivity index (χ1v) is 6.05. The van der Waals surface area contributed by atoms with Crippen molar-refractivity contribution in [3.8, 4) is 0 Å². The molecule has 1 heterocycles. The van der Waals surface area contributed by atoms with Crippen LogP contribution < -0.4 is 0 Å². The maximum Gasteiger partial charge on any atom is 0.133 e. The van der Waals surface area contributed by atoms with E-state index in [9.17, 15) is 0 Å². The molecule has 1 spiro atoms. The molecule has 1 saturated carbocycles. The zero-order valence-electron chi connectivity index (χ0n) is 7.96. The van der Waals surface area contributed by atoms with E-state index in [-0.39, 0.29) is 0 Å². The van der Waals surface area contributed by atoms with Crippen molar-refractivity contribution < 1.29 is 0 Å². The number of thiocarbonyl (C=S) groups is 1. The Morgan fingerprint density at radius 2 is 1.62 bits per heavy atom. The zero-order chi connectivity index (χ0) is 9.31. The van der Waals surface area contributed by atoms with Crippen LogP contribution in [0.2, 0.25) is 0 Å². The van der Waals surface area contributed by atoms with Crippen molar-refractivity contribution in [2.24, 2.45) is 5.41 Å². The largest absolute Gasteiger partial charge is 0.358 e. The number of piperidine rings is 1. The second-order valence-electron chi connectivity index (χ2n) is 4.48. The number of thiol groups is 1. The second kappa shape index (κ2) is 3.77. The summed E-state index contributed by atoms with van der Waals surface area (Å²) in [6, 6.07) is 0. The number of rotatable bonds is 0. The lowest BCUT2D eigenvalue weighted by Crippen LogP contribution is -2.39. The van der Waals surface area contributed by atoms with Gasteiger partial charge in [-0.1, -0.05) is 25.1 Å². The topological polar surface area (TPSA) is 3.24 Å². The summed E-state index contributed by atoms with van der Waals surface area (Å²) in [6.07, 6.45) is 8.50. The van der Waals surface area contributed by atoms with Gasteiger partial charge in [-0.05, 0) is 31.1 Å². The van der Waals surface area contributed by atoms with Gasteiger partial charge >= 0.3 is 0 Å². The third-order valence-electron chi connectivity index (χ3n) is 3.76. The Bertz CT molecular complexity index is 199. The molecule has 0 amide bonds. The standard InChI is InChI=1S/C10H17NS2/c12-9(13)11-7-5-10(6-8-11)3-1-2-4-10/h1-8H2,(H,12,13). The number of likely N-dealkylation sites (tertiary alicyclic amines) is 1. The Kier molecular flexibility index (Phi) is 2.84. The first-order chi connectivity index (χ1) is 6.22. The van der Waals surface area contributed by atoms with E-state index >= 15 is 0 Å². The maximum atomic E-state index is 5.07. The SMILES string of the molecule is S=C(S)N1CCC2(CCCC2)CC1. The predicted molar refractivity (Wildman–Crippen MR) is 63.3 cm³/mol. The van der Waals surface area contributed by atoms with Crippen molar-refractivity contribution in [3.63, 3.8) is 0 Å². The van der Waals surface area contributed by atoms with Crippen molar-refractivity contribution in [1.29, 1.82) is 0 Å². The van der Waals surface area contributed by atoms with Crippen LogP contribution in [0.4, 0.5) is 0 Å². The Morgan fingerprint density at radius 1 is 1.08 bits per heavy atom. The van der Waals surface area contributed by atoms with E-state index < -0.39 is 0 Å². The molecule has 13 heavy (non-hydrogen) atoms. The predicted octanol–water partition coefficient (Wildman–Crippen LogP) is 2.86. The van der Waals surface area contributed by atoms with E-state index in [0.29, 0.717) is 5.41 Å². The van der Waals surface area contributed by atoms with E-state index in [2.05, 4.69) is 17.5 Å². The molecule has 1 aliphatic heterocycles. The summed E-state index contributed by atoms with van der Waals surface area (Å²) in [4.78, 5) is 2.24. The minimum atomic E-state index is 0.703. The summed E-state index contributed by atoms with van der Waals surface area (Å²) in [6.45, 7) is 2.28. The monoisotopic (exact) mass is 215 g/mol. The molecular formula is C10H17NS2. The fourth-order valence-corrected chi connectivity index (χ4v) is 3.18. The molecule has 74 valence electrons. The molecule has 2 fully saturated rings. The van der Waals surface area contributed by atoms with Gasteiger partial charge in [-0.2, -0.15) is 0 Å². The molecule has 0 unspecified atom stereocenters. The normalized spacial score (nSPS) is 26.7. The molecule has 2 aliphatic rings.